The van der Waals surface area contributed by atoms with E-state index in [4.69, 9.17) is 4.74 Å². The summed E-state index contributed by atoms with van der Waals surface area (Å²) in [6.07, 6.45) is -4.52. The van der Waals surface area contributed by atoms with Crippen LogP contribution in [-0.2, 0) is 22.4 Å². The molecular formula is C26H20F4N2O3S. The lowest BCUT2D eigenvalue weighted by molar-refractivity contribution is -0.137. The van der Waals surface area contributed by atoms with E-state index < -0.39 is 34.2 Å². The van der Waals surface area contributed by atoms with Gasteiger partial charge in [0.25, 0.3) is 11.8 Å². The summed E-state index contributed by atoms with van der Waals surface area (Å²) < 4.78 is 59.1. The molecule has 1 atom stereocenters. The number of nitrogens with zero attached hydrogens (tertiary/aromatic N) is 2. The number of carbonyl (C=O) groups is 2. The second kappa shape index (κ2) is 8.85. The maximum absolute atomic E-state index is 14.1. The van der Waals surface area contributed by atoms with Gasteiger partial charge in [0.15, 0.2) is 4.87 Å². The Morgan fingerprint density at radius 1 is 1.08 bits per heavy atom. The summed E-state index contributed by atoms with van der Waals surface area (Å²) in [6.45, 7) is 0.117. The number of amides is 2. The van der Waals surface area contributed by atoms with Crippen molar-refractivity contribution in [2.75, 3.05) is 24.3 Å². The molecule has 0 aromatic heterocycles. The van der Waals surface area contributed by atoms with E-state index in [1.165, 1.54) is 59.0 Å². The SMILES string of the molecule is COc1ccc2c(c1)C1(SCCN1C(=O)c1cccc(F)c1)C(=O)N2Cc1cccc(C(F)(F)F)c1. The van der Waals surface area contributed by atoms with Crippen LogP contribution >= 0.6 is 11.8 Å². The highest BCUT2D eigenvalue weighted by molar-refractivity contribution is 8.01. The first-order chi connectivity index (χ1) is 17.1. The average molecular weight is 517 g/mol. The summed E-state index contributed by atoms with van der Waals surface area (Å²) in [5.74, 6) is -0.626. The number of hydrogen-bond acceptors (Lipinski definition) is 4. The molecule has 3 aromatic carbocycles. The van der Waals surface area contributed by atoms with Gasteiger partial charge in [-0.25, -0.2) is 4.39 Å². The van der Waals surface area contributed by atoms with Gasteiger partial charge >= 0.3 is 6.18 Å². The molecule has 1 fully saturated rings. The summed E-state index contributed by atoms with van der Waals surface area (Å²) in [5, 5.41) is 0. The molecule has 3 aromatic rings. The molecule has 36 heavy (non-hydrogen) atoms. The highest BCUT2D eigenvalue weighted by Gasteiger charge is 2.59. The number of carbonyl (C=O) groups excluding carboxylic acids is 2. The van der Waals surface area contributed by atoms with Gasteiger partial charge in [0.1, 0.15) is 11.6 Å². The predicted molar refractivity (Wildman–Crippen MR) is 127 cm³/mol. The average Bonchev–Trinajstić information content (AvgIpc) is 3.40. The number of halogens is 4. The normalized spacial score (nSPS) is 19.2. The molecule has 10 heteroatoms. The van der Waals surface area contributed by atoms with Gasteiger partial charge < -0.3 is 14.5 Å². The van der Waals surface area contributed by atoms with Crippen molar-refractivity contribution in [2.45, 2.75) is 17.6 Å². The van der Waals surface area contributed by atoms with Gasteiger partial charge in [0.2, 0.25) is 0 Å². The number of thioether (sulfide) groups is 1. The number of methoxy groups -OCH3 is 1. The zero-order valence-corrected chi connectivity index (χ0v) is 19.8. The van der Waals surface area contributed by atoms with E-state index in [1.807, 2.05) is 0 Å². The van der Waals surface area contributed by atoms with Crippen molar-refractivity contribution in [3.05, 3.63) is 94.8 Å². The van der Waals surface area contributed by atoms with Crippen LogP contribution in [0.15, 0.2) is 66.7 Å². The van der Waals surface area contributed by atoms with Crippen molar-refractivity contribution >= 4 is 29.3 Å². The minimum atomic E-state index is -4.52. The van der Waals surface area contributed by atoms with Crippen molar-refractivity contribution in [3.63, 3.8) is 0 Å². The van der Waals surface area contributed by atoms with Gasteiger partial charge in [0, 0.05) is 23.4 Å². The lowest BCUT2D eigenvalue weighted by atomic mass is 10.0. The fourth-order valence-corrected chi connectivity index (χ4v) is 6.14. The largest absolute Gasteiger partial charge is 0.497 e. The molecule has 0 saturated carbocycles. The van der Waals surface area contributed by atoms with E-state index in [2.05, 4.69) is 0 Å². The first kappa shape index (κ1) is 24.2. The molecule has 5 rings (SSSR count). The summed E-state index contributed by atoms with van der Waals surface area (Å²) in [7, 11) is 1.48. The molecule has 2 aliphatic rings. The van der Waals surface area contributed by atoms with Crippen LogP contribution in [0, 0.1) is 5.82 Å². The number of benzene rings is 3. The Labute approximate surface area is 208 Å². The van der Waals surface area contributed by atoms with Crippen LogP contribution in [0.2, 0.25) is 0 Å². The van der Waals surface area contributed by atoms with Gasteiger partial charge in [-0.3, -0.25) is 9.59 Å². The maximum Gasteiger partial charge on any atom is 0.416 e. The van der Waals surface area contributed by atoms with Crippen LogP contribution in [0.1, 0.15) is 27.0 Å². The van der Waals surface area contributed by atoms with Gasteiger partial charge in [-0.2, -0.15) is 13.2 Å². The first-order valence-corrected chi connectivity index (χ1v) is 12.0. The standard InChI is InChI=1S/C26H20F4N2O3S/c1-35-20-8-9-22-21(14-20)25(32(10-11-36-25)23(33)17-5-3-7-19(27)13-17)24(34)31(22)15-16-4-2-6-18(12-16)26(28,29)30/h2-9,12-14H,10-11,15H2,1H3. The second-order valence-electron chi connectivity index (χ2n) is 8.43. The monoisotopic (exact) mass is 516 g/mol. The predicted octanol–water partition coefficient (Wildman–Crippen LogP) is 5.44. The fraction of sp³-hybridized carbons (Fsp3) is 0.231. The summed E-state index contributed by atoms with van der Waals surface area (Å²) in [6, 6.07) is 15.0. The highest BCUT2D eigenvalue weighted by Crippen LogP contribution is 2.55. The molecule has 5 nitrogen and oxygen atoms in total. The molecule has 2 heterocycles. The smallest absolute Gasteiger partial charge is 0.416 e. The Balaban J connectivity index is 1.59. The highest BCUT2D eigenvalue weighted by atomic mass is 32.2. The zero-order chi connectivity index (χ0) is 25.7. The third kappa shape index (κ3) is 3.89. The van der Waals surface area contributed by atoms with Gasteiger partial charge in [-0.05, 0) is 54.1 Å². The number of anilines is 1. The molecule has 0 N–H and O–H groups in total. The van der Waals surface area contributed by atoms with E-state index in [0.29, 0.717) is 28.3 Å². The lowest BCUT2D eigenvalue weighted by Crippen LogP contribution is -2.50. The molecule has 1 saturated heterocycles. The van der Waals surface area contributed by atoms with Crippen molar-refractivity contribution in [1.29, 1.82) is 0 Å². The minimum absolute atomic E-state index is 0.102. The molecule has 0 bridgehead atoms. The molecule has 2 amide bonds. The molecule has 186 valence electrons. The van der Waals surface area contributed by atoms with Crippen LogP contribution in [0.4, 0.5) is 23.2 Å². The molecule has 1 spiro atoms. The van der Waals surface area contributed by atoms with Crippen molar-refractivity contribution in [1.82, 2.24) is 4.90 Å². The number of hydrogen-bond donors (Lipinski definition) is 0. The quantitative estimate of drug-likeness (QED) is 0.434. The Hall–Kier alpha value is -3.53. The van der Waals surface area contributed by atoms with Crippen LogP contribution in [0.25, 0.3) is 0 Å². The van der Waals surface area contributed by atoms with Crippen molar-refractivity contribution in [2.24, 2.45) is 0 Å². The third-order valence-corrected chi connectivity index (χ3v) is 7.73. The number of rotatable bonds is 4. The number of ether oxygens (including phenoxy) is 1. The van der Waals surface area contributed by atoms with E-state index in [0.717, 1.165) is 18.2 Å². The van der Waals surface area contributed by atoms with E-state index in [-0.39, 0.29) is 18.7 Å². The van der Waals surface area contributed by atoms with Crippen LogP contribution in [0.5, 0.6) is 5.75 Å². The minimum Gasteiger partial charge on any atom is -0.497 e. The van der Waals surface area contributed by atoms with Crippen LogP contribution in [-0.4, -0.2) is 36.1 Å². The topological polar surface area (TPSA) is 49.9 Å². The zero-order valence-electron chi connectivity index (χ0n) is 19.0. The molecule has 0 radical (unpaired) electrons. The Kier molecular flexibility index (Phi) is 5.94. The van der Waals surface area contributed by atoms with Crippen LogP contribution in [0.3, 0.4) is 0 Å². The molecule has 2 aliphatic heterocycles. The van der Waals surface area contributed by atoms with E-state index in [9.17, 15) is 27.2 Å². The van der Waals surface area contributed by atoms with Crippen molar-refractivity contribution < 1.29 is 31.9 Å². The first-order valence-electron chi connectivity index (χ1n) is 11.0. The van der Waals surface area contributed by atoms with E-state index in [1.54, 1.807) is 18.2 Å². The van der Waals surface area contributed by atoms with Gasteiger partial charge in [-0.1, -0.05) is 18.2 Å². The molecule has 1 unspecified atom stereocenters. The lowest BCUT2D eigenvalue weighted by Gasteiger charge is -2.33. The Bertz CT molecular complexity index is 1360. The molecule has 0 aliphatic carbocycles. The summed E-state index contributed by atoms with van der Waals surface area (Å²) >= 11 is 1.26. The fourth-order valence-electron chi connectivity index (χ4n) is 4.68. The third-order valence-electron chi connectivity index (χ3n) is 6.31. The van der Waals surface area contributed by atoms with Gasteiger partial charge in [0.05, 0.1) is 24.9 Å². The van der Waals surface area contributed by atoms with Crippen molar-refractivity contribution in [3.8, 4) is 5.75 Å². The maximum atomic E-state index is 14.1. The molecular weight excluding hydrogens is 496 g/mol. The summed E-state index contributed by atoms with van der Waals surface area (Å²) in [4.78, 5) is 28.9. The number of alkyl halides is 3. The van der Waals surface area contributed by atoms with E-state index >= 15 is 0 Å². The summed E-state index contributed by atoms with van der Waals surface area (Å²) in [5.41, 5.74) is 0.568. The Morgan fingerprint density at radius 2 is 1.86 bits per heavy atom. The Morgan fingerprint density at radius 3 is 2.58 bits per heavy atom. The van der Waals surface area contributed by atoms with Crippen LogP contribution < -0.4 is 9.64 Å². The van der Waals surface area contributed by atoms with Gasteiger partial charge in [-0.15, -0.1) is 11.8 Å². The number of fused-ring (bicyclic) bond motifs is 2. The second-order valence-corrected chi connectivity index (χ2v) is 9.72.